The van der Waals surface area contributed by atoms with Crippen LogP contribution in [0.3, 0.4) is 0 Å². The summed E-state index contributed by atoms with van der Waals surface area (Å²) in [6, 6.07) is 7.74. The fraction of sp³-hybridized carbons (Fsp3) is 0.412. The van der Waals surface area contributed by atoms with Crippen LogP contribution in [-0.4, -0.2) is 36.3 Å². The molecule has 0 amide bonds. The maximum absolute atomic E-state index is 5.89. The quantitative estimate of drug-likeness (QED) is 0.882. The summed E-state index contributed by atoms with van der Waals surface area (Å²) in [6.45, 7) is 7.47. The number of aromatic nitrogens is 2. The number of aryl methyl sites for hydroxylation is 1. The number of morpholine rings is 1. The lowest BCUT2D eigenvalue weighted by Gasteiger charge is -2.29. The third-order valence-corrected chi connectivity index (χ3v) is 4.01. The molecule has 1 saturated heterocycles. The van der Waals surface area contributed by atoms with Crippen molar-refractivity contribution in [2.75, 3.05) is 36.9 Å². The normalized spacial score (nSPS) is 15.1. The average Bonchev–Trinajstić information content (AvgIpc) is 2.56. The topological polar surface area (TPSA) is 64.3 Å². The van der Waals surface area contributed by atoms with Gasteiger partial charge in [-0.3, -0.25) is 0 Å². The van der Waals surface area contributed by atoms with Gasteiger partial charge in [0.25, 0.3) is 0 Å². The Bertz CT molecular complexity index is 666. The predicted octanol–water partition coefficient (Wildman–Crippen LogP) is 2.43. The smallest absolute Gasteiger partial charge is 0.161 e. The molecule has 2 N–H and O–H groups in total. The Morgan fingerprint density at radius 1 is 1.23 bits per heavy atom. The van der Waals surface area contributed by atoms with Crippen LogP contribution < -0.4 is 10.6 Å². The van der Waals surface area contributed by atoms with Gasteiger partial charge in [-0.2, -0.15) is 0 Å². The van der Waals surface area contributed by atoms with Gasteiger partial charge >= 0.3 is 0 Å². The van der Waals surface area contributed by atoms with E-state index in [1.54, 1.807) is 0 Å². The van der Waals surface area contributed by atoms with Crippen LogP contribution in [0.25, 0.3) is 11.4 Å². The van der Waals surface area contributed by atoms with E-state index < -0.39 is 0 Å². The van der Waals surface area contributed by atoms with E-state index in [1.807, 2.05) is 24.3 Å². The largest absolute Gasteiger partial charge is 0.399 e. The lowest BCUT2D eigenvalue weighted by molar-refractivity contribution is 0.122. The molecule has 2 heterocycles. The van der Waals surface area contributed by atoms with E-state index in [0.717, 1.165) is 66.9 Å². The summed E-state index contributed by atoms with van der Waals surface area (Å²) >= 11 is 0. The van der Waals surface area contributed by atoms with Crippen molar-refractivity contribution in [3.8, 4) is 11.4 Å². The zero-order chi connectivity index (χ0) is 15.5. The van der Waals surface area contributed by atoms with Crippen LogP contribution in [0.2, 0.25) is 0 Å². The Morgan fingerprint density at radius 2 is 2.00 bits per heavy atom. The highest BCUT2D eigenvalue weighted by Crippen LogP contribution is 2.26. The van der Waals surface area contributed by atoms with Gasteiger partial charge in [-0.05, 0) is 25.5 Å². The van der Waals surface area contributed by atoms with Crippen LogP contribution in [0.4, 0.5) is 11.5 Å². The highest BCUT2D eigenvalue weighted by Gasteiger charge is 2.19. The van der Waals surface area contributed by atoms with Gasteiger partial charge in [-0.25, -0.2) is 9.97 Å². The third-order valence-electron chi connectivity index (χ3n) is 4.01. The standard InChI is InChI=1S/C17H22N4O/c1-3-15-12(2)17(21-7-9-22-10-8-21)20-16(19-15)13-5-4-6-14(18)11-13/h4-6,11H,3,7-10,18H2,1-2H3. The number of ether oxygens (including phenoxy) is 1. The Labute approximate surface area is 131 Å². The summed E-state index contributed by atoms with van der Waals surface area (Å²) in [5, 5.41) is 0. The van der Waals surface area contributed by atoms with E-state index >= 15 is 0 Å². The number of anilines is 2. The highest BCUT2D eigenvalue weighted by atomic mass is 16.5. The number of nitrogens with two attached hydrogens (primary N) is 1. The van der Waals surface area contributed by atoms with Gasteiger partial charge in [-0.1, -0.05) is 19.1 Å². The monoisotopic (exact) mass is 298 g/mol. The van der Waals surface area contributed by atoms with E-state index in [0.29, 0.717) is 0 Å². The van der Waals surface area contributed by atoms with Crippen molar-refractivity contribution in [1.29, 1.82) is 0 Å². The molecule has 0 aliphatic carbocycles. The van der Waals surface area contributed by atoms with Crippen LogP contribution in [-0.2, 0) is 11.2 Å². The second-order valence-electron chi connectivity index (χ2n) is 5.52. The van der Waals surface area contributed by atoms with Crippen molar-refractivity contribution >= 4 is 11.5 Å². The molecule has 5 nitrogen and oxygen atoms in total. The van der Waals surface area contributed by atoms with Crippen molar-refractivity contribution in [2.45, 2.75) is 20.3 Å². The molecule has 0 unspecified atom stereocenters. The first-order valence-electron chi connectivity index (χ1n) is 7.75. The Balaban J connectivity index is 2.07. The molecule has 116 valence electrons. The van der Waals surface area contributed by atoms with Gasteiger partial charge in [0.2, 0.25) is 0 Å². The van der Waals surface area contributed by atoms with E-state index in [2.05, 4.69) is 18.7 Å². The van der Waals surface area contributed by atoms with Gasteiger partial charge in [0, 0.05) is 35.6 Å². The fourth-order valence-corrected chi connectivity index (χ4v) is 2.78. The van der Waals surface area contributed by atoms with Gasteiger partial charge in [-0.15, -0.1) is 0 Å². The molecular weight excluding hydrogens is 276 g/mol. The zero-order valence-corrected chi connectivity index (χ0v) is 13.2. The first-order chi connectivity index (χ1) is 10.7. The molecular formula is C17H22N4O. The molecule has 1 fully saturated rings. The summed E-state index contributed by atoms with van der Waals surface area (Å²) < 4.78 is 5.45. The molecule has 0 saturated carbocycles. The second kappa shape index (κ2) is 6.32. The van der Waals surface area contributed by atoms with Crippen molar-refractivity contribution in [3.63, 3.8) is 0 Å². The Hall–Kier alpha value is -2.14. The van der Waals surface area contributed by atoms with Crippen LogP contribution in [0.15, 0.2) is 24.3 Å². The minimum atomic E-state index is 0.729. The molecule has 0 radical (unpaired) electrons. The molecule has 22 heavy (non-hydrogen) atoms. The molecule has 0 spiro atoms. The van der Waals surface area contributed by atoms with Crippen LogP contribution in [0.5, 0.6) is 0 Å². The first-order valence-corrected chi connectivity index (χ1v) is 7.75. The molecule has 1 aromatic heterocycles. The minimum Gasteiger partial charge on any atom is -0.399 e. The fourth-order valence-electron chi connectivity index (χ4n) is 2.78. The van der Waals surface area contributed by atoms with Crippen molar-refractivity contribution in [2.24, 2.45) is 0 Å². The van der Waals surface area contributed by atoms with Crippen molar-refractivity contribution in [1.82, 2.24) is 9.97 Å². The summed E-state index contributed by atoms with van der Waals surface area (Å²) in [7, 11) is 0. The van der Waals surface area contributed by atoms with Gasteiger partial charge in [0.15, 0.2) is 5.82 Å². The molecule has 0 atom stereocenters. The molecule has 1 aliphatic rings. The maximum atomic E-state index is 5.89. The summed E-state index contributed by atoms with van der Waals surface area (Å²) in [6.07, 6.45) is 0.890. The summed E-state index contributed by atoms with van der Waals surface area (Å²) in [4.78, 5) is 11.8. The van der Waals surface area contributed by atoms with E-state index in [-0.39, 0.29) is 0 Å². The van der Waals surface area contributed by atoms with Crippen LogP contribution >= 0.6 is 0 Å². The minimum absolute atomic E-state index is 0.729. The molecule has 1 aliphatic heterocycles. The second-order valence-corrected chi connectivity index (χ2v) is 5.52. The van der Waals surface area contributed by atoms with Gasteiger partial charge in [0.1, 0.15) is 5.82 Å². The Kier molecular flexibility index (Phi) is 4.24. The molecule has 0 bridgehead atoms. The van der Waals surface area contributed by atoms with Crippen molar-refractivity contribution < 1.29 is 4.74 Å². The number of nitrogen functional groups attached to an aromatic ring is 1. The lowest BCUT2D eigenvalue weighted by Crippen LogP contribution is -2.37. The van der Waals surface area contributed by atoms with Crippen LogP contribution in [0, 0.1) is 6.92 Å². The lowest BCUT2D eigenvalue weighted by atomic mass is 10.1. The number of nitrogens with zero attached hydrogens (tertiary/aromatic N) is 3. The predicted molar refractivity (Wildman–Crippen MR) is 89.0 cm³/mol. The van der Waals surface area contributed by atoms with Gasteiger partial charge in [0.05, 0.1) is 13.2 Å². The zero-order valence-electron chi connectivity index (χ0n) is 13.2. The number of rotatable bonds is 3. The molecule has 5 heteroatoms. The maximum Gasteiger partial charge on any atom is 0.161 e. The molecule has 1 aromatic carbocycles. The third kappa shape index (κ3) is 2.90. The molecule has 3 rings (SSSR count). The summed E-state index contributed by atoms with van der Waals surface area (Å²) in [5.74, 6) is 1.77. The average molecular weight is 298 g/mol. The van der Waals surface area contributed by atoms with Crippen molar-refractivity contribution in [3.05, 3.63) is 35.5 Å². The first kappa shape index (κ1) is 14.8. The van der Waals surface area contributed by atoms with E-state index in [4.69, 9.17) is 20.4 Å². The number of benzene rings is 1. The van der Waals surface area contributed by atoms with Gasteiger partial charge < -0.3 is 15.4 Å². The van der Waals surface area contributed by atoms with E-state index in [1.165, 1.54) is 0 Å². The molecule has 2 aromatic rings. The number of hydrogen-bond donors (Lipinski definition) is 1. The number of hydrogen-bond acceptors (Lipinski definition) is 5. The van der Waals surface area contributed by atoms with Crippen LogP contribution in [0.1, 0.15) is 18.2 Å². The Morgan fingerprint density at radius 3 is 2.68 bits per heavy atom. The SMILES string of the molecule is CCc1nc(-c2cccc(N)c2)nc(N2CCOCC2)c1C. The highest BCUT2D eigenvalue weighted by molar-refractivity contribution is 5.64. The summed E-state index contributed by atoms with van der Waals surface area (Å²) in [5.41, 5.74) is 9.84. The van der Waals surface area contributed by atoms with E-state index in [9.17, 15) is 0 Å².